The van der Waals surface area contributed by atoms with Gasteiger partial charge in [0, 0.05) is 13.0 Å². The molecular weight excluding hydrogens is 304 g/mol. The maximum Gasteiger partial charge on any atom is 0.153 e. The summed E-state index contributed by atoms with van der Waals surface area (Å²) in [6, 6.07) is 0. The molecule has 1 aliphatic rings. The van der Waals surface area contributed by atoms with Crippen LogP contribution in [0.3, 0.4) is 0 Å². The van der Waals surface area contributed by atoms with E-state index >= 15 is 0 Å². The van der Waals surface area contributed by atoms with Crippen molar-refractivity contribution in [1.82, 2.24) is 0 Å². The van der Waals surface area contributed by atoms with Gasteiger partial charge in [-0.1, -0.05) is 71.3 Å². The highest BCUT2D eigenvalue weighted by atomic mass is 17.2. The maximum absolute atomic E-state index is 5.99. The Hall–Kier alpha value is -0.580. The molecule has 0 aromatic heterocycles. The van der Waals surface area contributed by atoms with Crippen molar-refractivity contribution in [3.63, 3.8) is 0 Å². The van der Waals surface area contributed by atoms with Crippen LogP contribution in [0.4, 0.5) is 0 Å². The monoisotopic (exact) mass is 342 g/mol. The molecule has 0 radical (unpaired) electrons. The first-order chi connectivity index (χ1) is 11.7. The molecule has 0 saturated carbocycles. The van der Waals surface area contributed by atoms with Crippen molar-refractivity contribution in [3.8, 4) is 0 Å². The molecule has 0 bridgehead atoms. The van der Waals surface area contributed by atoms with Crippen LogP contribution < -0.4 is 0 Å². The molecule has 2 atom stereocenters. The number of rotatable bonds is 15. The minimum absolute atomic E-state index is 0.0664. The van der Waals surface area contributed by atoms with E-state index < -0.39 is 0 Å². The minimum atomic E-state index is -0.154. The van der Waals surface area contributed by atoms with Gasteiger partial charge in [-0.3, -0.25) is 0 Å². The van der Waals surface area contributed by atoms with Gasteiger partial charge >= 0.3 is 0 Å². The highest BCUT2D eigenvalue weighted by molar-refractivity contribution is 4.78. The molecule has 2 unspecified atom stereocenters. The van der Waals surface area contributed by atoms with Crippen molar-refractivity contribution in [2.45, 2.75) is 96.7 Å². The van der Waals surface area contributed by atoms with E-state index in [1.807, 2.05) is 6.92 Å². The molecule has 1 fully saturated rings. The van der Waals surface area contributed by atoms with Gasteiger partial charge in [-0.25, -0.2) is 9.78 Å². The zero-order valence-electron chi connectivity index (χ0n) is 15.9. The zero-order chi connectivity index (χ0) is 17.5. The fourth-order valence-corrected chi connectivity index (χ4v) is 2.92. The largest absolute Gasteiger partial charge is 0.496 e. The summed E-state index contributed by atoms with van der Waals surface area (Å²) in [7, 11) is 0. The molecule has 4 nitrogen and oxygen atoms in total. The van der Waals surface area contributed by atoms with Crippen LogP contribution in [0.15, 0.2) is 12.3 Å². The number of allylic oxidation sites excluding steroid dienone is 1. The van der Waals surface area contributed by atoms with Crippen LogP contribution in [0.2, 0.25) is 0 Å². The fourth-order valence-electron chi connectivity index (χ4n) is 2.92. The Bertz CT molecular complexity index is 306. The molecule has 142 valence electrons. The first kappa shape index (κ1) is 21.5. The third-order valence-corrected chi connectivity index (χ3v) is 4.42. The first-order valence-corrected chi connectivity index (χ1v) is 9.92. The SMILES string of the molecule is C=C(C)OCC1OOCCC1OCCCCCCCCCCCC. The van der Waals surface area contributed by atoms with E-state index in [-0.39, 0.29) is 12.2 Å². The van der Waals surface area contributed by atoms with Gasteiger partial charge in [0.1, 0.15) is 6.61 Å². The molecule has 24 heavy (non-hydrogen) atoms. The fraction of sp³-hybridized carbons (Fsp3) is 0.900. The maximum atomic E-state index is 5.99. The van der Waals surface area contributed by atoms with Crippen molar-refractivity contribution < 1.29 is 19.2 Å². The van der Waals surface area contributed by atoms with Crippen molar-refractivity contribution in [2.24, 2.45) is 0 Å². The van der Waals surface area contributed by atoms with E-state index in [1.165, 1.54) is 57.8 Å². The Morgan fingerprint density at radius 2 is 1.62 bits per heavy atom. The van der Waals surface area contributed by atoms with Crippen LogP contribution in [-0.4, -0.2) is 32.0 Å². The molecule has 1 heterocycles. The molecule has 1 rings (SSSR count). The van der Waals surface area contributed by atoms with Crippen LogP contribution in [-0.2, 0) is 19.2 Å². The second-order valence-corrected chi connectivity index (χ2v) is 6.85. The van der Waals surface area contributed by atoms with Crippen molar-refractivity contribution in [2.75, 3.05) is 19.8 Å². The molecule has 4 heteroatoms. The molecule has 0 aliphatic carbocycles. The van der Waals surface area contributed by atoms with Gasteiger partial charge in [-0.05, 0) is 13.3 Å². The summed E-state index contributed by atoms with van der Waals surface area (Å²) >= 11 is 0. The van der Waals surface area contributed by atoms with Crippen molar-refractivity contribution >= 4 is 0 Å². The van der Waals surface area contributed by atoms with Gasteiger partial charge in [0.05, 0.1) is 18.5 Å². The standard InChI is InChI=1S/C20H38O4/c1-4-5-6-7-8-9-10-11-12-13-15-21-19-14-16-23-24-20(19)17-22-18(2)3/h19-20H,2,4-17H2,1,3H3. The summed E-state index contributed by atoms with van der Waals surface area (Å²) < 4.78 is 11.4. The normalized spacial score (nSPS) is 20.9. The Morgan fingerprint density at radius 3 is 2.25 bits per heavy atom. The smallest absolute Gasteiger partial charge is 0.153 e. The highest BCUT2D eigenvalue weighted by Crippen LogP contribution is 2.17. The average molecular weight is 343 g/mol. The Balaban J connectivity index is 1.96. The van der Waals surface area contributed by atoms with Crippen LogP contribution >= 0.6 is 0 Å². The highest BCUT2D eigenvalue weighted by Gasteiger charge is 2.28. The third kappa shape index (κ3) is 11.1. The molecule has 0 aromatic rings. The Labute approximate surface area is 148 Å². The summed E-state index contributed by atoms with van der Waals surface area (Å²) in [6.07, 6.45) is 14.2. The first-order valence-electron chi connectivity index (χ1n) is 9.92. The number of unbranched alkanes of at least 4 members (excludes halogenated alkanes) is 9. The van der Waals surface area contributed by atoms with E-state index in [9.17, 15) is 0 Å². The molecular formula is C20H38O4. The van der Waals surface area contributed by atoms with Crippen molar-refractivity contribution in [1.29, 1.82) is 0 Å². The zero-order valence-corrected chi connectivity index (χ0v) is 15.9. The summed E-state index contributed by atoms with van der Waals surface area (Å²) in [5, 5.41) is 0. The predicted molar refractivity (Wildman–Crippen MR) is 97.8 cm³/mol. The lowest BCUT2D eigenvalue weighted by atomic mass is 10.1. The van der Waals surface area contributed by atoms with E-state index in [2.05, 4.69) is 13.5 Å². The topological polar surface area (TPSA) is 36.9 Å². The number of hydrogen-bond donors (Lipinski definition) is 0. The van der Waals surface area contributed by atoms with Crippen LogP contribution in [0.25, 0.3) is 0 Å². The van der Waals surface area contributed by atoms with Gasteiger partial charge < -0.3 is 9.47 Å². The van der Waals surface area contributed by atoms with E-state index in [0.29, 0.717) is 19.0 Å². The Morgan fingerprint density at radius 1 is 1.00 bits per heavy atom. The molecule has 1 saturated heterocycles. The predicted octanol–water partition coefficient (Wildman–Crippen LogP) is 5.56. The Kier molecular flexibility index (Phi) is 13.2. The van der Waals surface area contributed by atoms with Gasteiger partial charge in [0.25, 0.3) is 0 Å². The second kappa shape index (κ2) is 14.7. The number of ether oxygens (including phenoxy) is 2. The van der Waals surface area contributed by atoms with E-state index in [0.717, 1.165) is 19.4 Å². The van der Waals surface area contributed by atoms with Gasteiger partial charge in [-0.2, -0.15) is 0 Å². The third-order valence-electron chi connectivity index (χ3n) is 4.42. The summed E-state index contributed by atoms with van der Waals surface area (Å²) in [5.74, 6) is 0.692. The van der Waals surface area contributed by atoms with Gasteiger partial charge in [-0.15, -0.1) is 0 Å². The molecule has 0 spiro atoms. The van der Waals surface area contributed by atoms with Crippen molar-refractivity contribution in [3.05, 3.63) is 12.3 Å². The lowest BCUT2D eigenvalue weighted by Crippen LogP contribution is -2.40. The molecule has 0 aromatic carbocycles. The van der Waals surface area contributed by atoms with Gasteiger partial charge in [0.15, 0.2) is 6.10 Å². The van der Waals surface area contributed by atoms with E-state index in [1.54, 1.807) is 0 Å². The van der Waals surface area contributed by atoms with Crippen LogP contribution in [0.1, 0.15) is 84.5 Å². The van der Waals surface area contributed by atoms with E-state index in [4.69, 9.17) is 19.2 Å². The lowest BCUT2D eigenvalue weighted by Gasteiger charge is -2.30. The molecule has 1 aliphatic heterocycles. The van der Waals surface area contributed by atoms with Gasteiger partial charge in [0.2, 0.25) is 0 Å². The summed E-state index contributed by atoms with van der Waals surface area (Å²) in [4.78, 5) is 10.4. The molecule has 0 N–H and O–H groups in total. The van der Waals surface area contributed by atoms with Crippen LogP contribution in [0.5, 0.6) is 0 Å². The summed E-state index contributed by atoms with van der Waals surface area (Å²) in [6.45, 7) is 9.67. The summed E-state index contributed by atoms with van der Waals surface area (Å²) in [5.41, 5.74) is 0. The molecule has 0 amide bonds. The minimum Gasteiger partial charge on any atom is -0.496 e. The quantitative estimate of drug-likeness (QED) is 0.222. The van der Waals surface area contributed by atoms with Crippen LogP contribution in [0, 0.1) is 0 Å². The lowest BCUT2D eigenvalue weighted by molar-refractivity contribution is -0.372. The average Bonchev–Trinajstić information content (AvgIpc) is 2.58. The second-order valence-electron chi connectivity index (χ2n) is 6.85. The number of hydrogen-bond acceptors (Lipinski definition) is 4.